The van der Waals surface area contributed by atoms with Crippen molar-refractivity contribution < 1.29 is 0 Å². The van der Waals surface area contributed by atoms with Crippen LogP contribution in [0.1, 0.15) is 37.1 Å². The van der Waals surface area contributed by atoms with Gasteiger partial charge >= 0.3 is 0 Å². The lowest BCUT2D eigenvalue weighted by Gasteiger charge is -2.25. The third kappa shape index (κ3) is 1.99. The smallest absolute Gasteiger partial charge is 0.0642 e. The van der Waals surface area contributed by atoms with Crippen LogP contribution in [0.3, 0.4) is 0 Å². The maximum Gasteiger partial charge on any atom is 0.0642 e. The SMILES string of the molecule is CCCN1CCC(N)C1c1cn(C)nc1C. The molecule has 1 saturated heterocycles. The summed E-state index contributed by atoms with van der Waals surface area (Å²) in [6.07, 6.45) is 4.40. The van der Waals surface area contributed by atoms with Gasteiger partial charge in [0.05, 0.1) is 11.7 Å². The van der Waals surface area contributed by atoms with E-state index in [0.29, 0.717) is 6.04 Å². The Balaban J connectivity index is 2.26. The van der Waals surface area contributed by atoms with Gasteiger partial charge < -0.3 is 5.73 Å². The molecule has 0 aliphatic carbocycles. The Hall–Kier alpha value is -0.870. The summed E-state index contributed by atoms with van der Waals surface area (Å²) in [5, 5.41) is 4.42. The van der Waals surface area contributed by atoms with Gasteiger partial charge in [0.1, 0.15) is 0 Å². The zero-order valence-electron chi connectivity index (χ0n) is 10.5. The third-order valence-corrected chi connectivity index (χ3v) is 3.43. The Morgan fingerprint density at radius 3 is 2.88 bits per heavy atom. The molecule has 4 heteroatoms. The van der Waals surface area contributed by atoms with E-state index in [9.17, 15) is 0 Å². The van der Waals surface area contributed by atoms with E-state index in [4.69, 9.17) is 5.73 Å². The zero-order valence-corrected chi connectivity index (χ0v) is 10.5. The minimum Gasteiger partial charge on any atom is -0.326 e. The lowest BCUT2D eigenvalue weighted by molar-refractivity contribution is 0.247. The second-order valence-electron chi connectivity index (χ2n) is 4.78. The van der Waals surface area contributed by atoms with Gasteiger partial charge in [0.2, 0.25) is 0 Å². The number of nitrogens with zero attached hydrogens (tertiary/aromatic N) is 3. The van der Waals surface area contributed by atoms with Crippen molar-refractivity contribution in [2.45, 2.75) is 38.8 Å². The Morgan fingerprint density at radius 2 is 2.31 bits per heavy atom. The number of rotatable bonds is 3. The van der Waals surface area contributed by atoms with Crippen molar-refractivity contribution in [3.8, 4) is 0 Å². The molecule has 0 amide bonds. The molecule has 0 aromatic carbocycles. The van der Waals surface area contributed by atoms with Crippen LogP contribution in [0.4, 0.5) is 0 Å². The van der Waals surface area contributed by atoms with Crippen LogP contribution in [0.25, 0.3) is 0 Å². The molecule has 2 unspecified atom stereocenters. The average molecular weight is 222 g/mol. The second-order valence-corrected chi connectivity index (χ2v) is 4.78. The van der Waals surface area contributed by atoms with Crippen LogP contribution in [-0.4, -0.2) is 33.8 Å². The first-order chi connectivity index (χ1) is 7.63. The molecular weight excluding hydrogens is 200 g/mol. The molecule has 2 rings (SSSR count). The number of nitrogens with two attached hydrogens (primary N) is 1. The highest BCUT2D eigenvalue weighted by Crippen LogP contribution is 2.32. The fourth-order valence-electron chi connectivity index (χ4n) is 2.76. The highest BCUT2D eigenvalue weighted by Gasteiger charge is 2.34. The second kappa shape index (κ2) is 4.55. The summed E-state index contributed by atoms with van der Waals surface area (Å²) in [6.45, 7) is 6.54. The summed E-state index contributed by atoms with van der Waals surface area (Å²) in [7, 11) is 1.97. The van der Waals surface area contributed by atoms with Crippen LogP contribution in [0.5, 0.6) is 0 Å². The van der Waals surface area contributed by atoms with Gasteiger partial charge in [-0.2, -0.15) is 5.10 Å². The lowest BCUT2D eigenvalue weighted by Crippen LogP contribution is -2.32. The minimum atomic E-state index is 0.259. The van der Waals surface area contributed by atoms with Crippen molar-refractivity contribution >= 4 is 0 Å². The molecule has 1 aliphatic heterocycles. The molecule has 1 fully saturated rings. The van der Waals surface area contributed by atoms with Gasteiger partial charge in [-0.25, -0.2) is 0 Å². The summed E-state index contributed by atoms with van der Waals surface area (Å²) in [4.78, 5) is 2.49. The molecule has 0 saturated carbocycles. The third-order valence-electron chi connectivity index (χ3n) is 3.43. The standard InChI is InChI=1S/C12H22N4/c1-4-6-16-7-5-11(13)12(16)10-8-15(3)14-9(10)2/h8,11-12H,4-7,13H2,1-3H3. The summed E-state index contributed by atoms with van der Waals surface area (Å²) >= 11 is 0. The first kappa shape index (κ1) is 11.6. The lowest BCUT2D eigenvalue weighted by atomic mass is 10.0. The minimum absolute atomic E-state index is 0.259. The molecule has 2 N–H and O–H groups in total. The molecule has 1 aromatic heterocycles. The van der Waals surface area contributed by atoms with Gasteiger partial charge in [-0.15, -0.1) is 0 Å². The fourth-order valence-corrected chi connectivity index (χ4v) is 2.76. The molecule has 0 radical (unpaired) electrons. The van der Waals surface area contributed by atoms with E-state index in [2.05, 4.69) is 30.0 Å². The summed E-state index contributed by atoms with van der Waals surface area (Å²) in [5.74, 6) is 0. The predicted molar refractivity (Wildman–Crippen MR) is 65.1 cm³/mol. The fraction of sp³-hybridized carbons (Fsp3) is 0.750. The molecule has 0 bridgehead atoms. The van der Waals surface area contributed by atoms with Gasteiger partial charge in [0.15, 0.2) is 0 Å². The first-order valence-electron chi connectivity index (χ1n) is 6.13. The largest absolute Gasteiger partial charge is 0.326 e. The molecular formula is C12H22N4. The highest BCUT2D eigenvalue weighted by molar-refractivity contribution is 5.23. The molecule has 0 spiro atoms. The van der Waals surface area contributed by atoms with Crippen LogP contribution in [0.15, 0.2) is 6.20 Å². The quantitative estimate of drug-likeness (QED) is 0.836. The zero-order chi connectivity index (χ0) is 11.7. The van der Waals surface area contributed by atoms with Crippen LogP contribution in [-0.2, 0) is 7.05 Å². The molecule has 16 heavy (non-hydrogen) atoms. The molecule has 4 nitrogen and oxygen atoms in total. The van der Waals surface area contributed by atoms with Crippen molar-refractivity contribution in [3.05, 3.63) is 17.5 Å². The maximum absolute atomic E-state index is 6.23. The van der Waals surface area contributed by atoms with Crippen molar-refractivity contribution in [1.82, 2.24) is 14.7 Å². The summed E-state index contributed by atoms with van der Waals surface area (Å²) in [6, 6.07) is 0.628. The Bertz CT molecular complexity index is 356. The number of likely N-dealkylation sites (tertiary alicyclic amines) is 1. The van der Waals surface area contributed by atoms with E-state index >= 15 is 0 Å². The van der Waals surface area contributed by atoms with Crippen molar-refractivity contribution in [1.29, 1.82) is 0 Å². The van der Waals surface area contributed by atoms with Crippen molar-refractivity contribution in [2.24, 2.45) is 12.8 Å². The van der Waals surface area contributed by atoms with E-state index < -0.39 is 0 Å². The van der Waals surface area contributed by atoms with E-state index in [-0.39, 0.29) is 6.04 Å². The topological polar surface area (TPSA) is 47.1 Å². The average Bonchev–Trinajstić information content (AvgIpc) is 2.71. The van der Waals surface area contributed by atoms with Gasteiger partial charge in [-0.05, 0) is 26.3 Å². The van der Waals surface area contributed by atoms with Gasteiger partial charge in [-0.1, -0.05) is 6.92 Å². The van der Waals surface area contributed by atoms with E-state index in [1.54, 1.807) is 0 Å². The molecule has 1 aromatic rings. The molecule has 90 valence electrons. The molecule has 1 aliphatic rings. The van der Waals surface area contributed by atoms with E-state index in [1.807, 2.05) is 11.7 Å². The van der Waals surface area contributed by atoms with Gasteiger partial charge in [0, 0.05) is 31.4 Å². The normalized spacial score (nSPS) is 26.5. The van der Waals surface area contributed by atoms with Crippen molar-refractivity contribution in [3.63, 3.8) is 0 Å². The van der Waals surface area contributed by atoms with Crippen LogP contribution in [0.2, 0.25) is 0 Å². The van der Waals surface area contributed by atoms with Crippen LogP contribution >= 0.6 is 0 Å². The predicted octanol–water partition coefficient (Wildman–Crippen LogP) is 1.21. The number of aryl methyl sites for hydroxylation is 2. The van der Waals surface area contributed by atoms with Crippen molar-refractivity contribution in [2.75, 3.05) is 13.1 Å². The number of hydrogen-bond acceptors (Lipinski definition) is 3. The van der Waals surface area contributed by atoms with Gasteiger partial charge in [0.25, 0.3) is 0 Å². The monoisotopic (exact) mass is 222 g/mol. The maximum atomic E-state index is 6.23. The van der Waals surface area contributed by atoms with E-state index in [0.717, 1.165) is 25.2 Å². The van der Waals surface area contributed by atoms with Crippen LogP contribution < -0.4 is 5.73 Å². The highest BCUT2D eigenvalue weighted by atomic mass is 15.3. The summed E-state index contributed by atoms with van der Waals surface area (Å²) in [5.41, 5.74) is 8.65. The number of hydrogen-bond donors (Lipinski definition) is 1. The van der Waals surface area contributed by atoms with Crippen LogP contribution in [0, 0.1) is 6.92 Å². The molecule has 2 atom stereocenters. The Labute approximate surface area is 97.4 Å². The molecule has 2 heterocycles. The summed E-state index contributed by atoms with van der Waals surface area (Å²) < 4.78 is 1.89. The van der Waals surface area contributed by atoms with E-state index in [1.165, 1.54) is 12.0 Å². The number of aromatic nitrogens is 2. The first-order valence-corrected chi connectivity index (χ1v) is 6.13. The van der Waals surface area contributed by atoms with Gasteiger partial charge in [-0.3, -0.25) is 9.58 Å². The Morgan fingerprint density at radius 1 is 1.56 bits per heavy atom. The Kier molecular flexibility index (Phi) is 3.30.